The number of carbonyl (C=O) groups excluding carboxylic acids is 1. The molecule has 0 saturated carbocycles. The van der Waals surface area contributed by atoms with Gasteiger partial charge in [0.1, 0.15) is 6.61 Å². The molecule has 49 heavy (non-hydrogen) atoms. The first kappa shape index (κ1) is 32.6. The van der Waals surface area contributed by atoms with Gasteiger partial charge in [-0.1, -0.05) is 96.3 Å². The maximum Gasteiger partial charge on any atom is 0.338 e. The molecule has 7 rings (SSSR count). The fraction of sp³-hybridized carbons (Fsp3) is 0.175. The Hall–Kier alpha value is -4.99. The van der Waals surface area contributed by atoms with Crippen LogP contribution in [0.5, 0.6) is 11.5 Å². The molecule has 2 heterocycles. The van der Waals surface area contributed by atoms with Crippen LogP contribution in [-0.4, -0.2) is 23.8 Å². The monoisotopic (exact) mass is 732 g/mol. The molecule has 0 radical (unpaired) electrons. The Morgan fingerprint density at radius 2 is 1.59 bits per heavy atom. The molecule has 9 heteroatoms. The van der Waals surface area contributed by atoms with Gasteiger partial charge in [0.05, 0.1) is 39.5 Å². The van der Waals surface area contributed by atoms with E-state index < -0.39 is 12.0 Å². The van der Waals surface area contributed by atoms with E-state index in [0.717, 1.165) is 38.2 Å². The standard InChI is InChI=1S/C40H33BrN2O5S/c1-4-46-33-21-25(20-32(41)37(33)48-23-28-16-10-14-26-12-6-8-17-29(26)28)22-34-38(44)43-36(31-19-11-15-27-13-7-9-18-30(27)31)35(39(45)47-5-2)24(3)42-40(43)49-34/h6-22,36H,4-5,23H2,1-3H3/b34-22+/t36-/m1/s1. The number of hydrogen-bond donors (Lipinski definition) is 0. The molecule has 6 aromatic rings. The average Bonchev–Trinajstić information content (AvgIpc) is 3.40. The molecule has 1 atom stereocenters. The normalized spacial score (nSPS) is 14.5. The Kier molecular flexibility index (Phi) is 9.21. The predicted molar refractivity (Wildman–Crippen MR) is 198 cm³/mol. The zero-order valence-electron chi connectivity index (χ0n) is 27.2. The topological polar surface area (TPSA) is 79.1 Å². The van der Waals surface area contributed by atoms with Crippen molar-refractivity contribution in [3.63, 3.8) is 0 Å². The highest BCUT2D eigenvalue weighted by atomic mass is 79.9. The van der Waals surface area contributed by atoms with E-state index in [1.54, 1.807) is 18.4 Å². The number of benzene rings is 5. The van der Waals surface area contributed by atoms with Gasteiger partial charge in [0.15, 0.2) is 16.3 Å². The minimum Gasteiger partial charge on any atom is -0.490 e. The second-order valence-corrected chi connectivity index (χ2v) is 13.4. The number of rotatable bonds is 9. The van der Waals surface area contributed by atoms with Crippen molar-refractivity contribution in [2.24, 2.45) is 4.99 Å². The van der Waals surface area contributed by atoms with Crippen LogP contribution in [0.2, 0.25) is 0 Å². The number of halogens is 1. The van der Waals surface area contributed by atoms with Gasteiger partial charge in [-0.3, -0.25) is 9.36 Å². The van der Waals surface area contributed by atoms with E-state index in [2.05, 4.69) is 40.2 Å². The van der Waals surface area contributed by atoms with Gasteiger partial charge < -0.3 is 14.2 Å². The molecule has 0 amide bonds. The largest absolute Gasteiger partial charge is 0.490 e. The summed E-state index contributed by atoms with van der Waals surface area (Å²) in [5, 5.41) is 4.24. The molecule has 0 saturated heterocycles. The van der Waals surface area contributed by atoms with Crippen LogP contribution >= 0.6 is 27.3 Å². The first-order valence-electron chi connectivity index (χ1n) is 16.1. The third kappa shape index (κ3) is 6.20. The van der Waals surface area contributed by atoms with Crippen molar-refractivity contribution >= 4 is 60.9 Å². The summed E-state index contributed by atoms with van der Waals surface area (Å²) in [6.45, 7) is 6.48. The lowest BCUT2D eigenvalue weighted by atomic mass is 9.91. The zero-order chi connectivity index (χ0) is 34.1. The molecule has 7 nitrogen and oxygen atoms in total. The Balaban J connectivity index is 1.32. The Bertz CT molecular complexity index is 2450. The number of ether oxygens (including phenoxy) is 3. The molecular formula is C40H33BrN2O5S. The van der Waals surface area contributed by atoms with Crippen LogP contribution in [0.25, 0.3) is 27.6 Å². The van der Waals surface area contributed by atoms with E-state index in [1.807, 2.05) is 85.8 Å². The Morgan fingerprint density at radius 1 is 0.898 bits per heavy atom. The van der Waals surface area contributed by atoms with Gasteiger partial charge in [-0.05, 0) is 93.1 Å². The smallest absolute Gasteiger partial charge is 0.338 e. The van der Waals surface area contributed by atoms with E-state index >= 15 is 0 Å². The molecule has 246 valence electrons. The first-order valence-corrected chi connectivity index (χ1v) is 17.7. The minimum absolute atomic E-state index is 0.209. The molecule has 0 aliphatic carbocycles. The highest BCUT2D eigenvalue weighted by Gasteiger charge is 2.34. The number of esters is 1. The molecule has 1 aliphatic heterocycles. The van der Waals surface area contributed by atoms with Crippen LogP contribution in [0, 0.1) is 0 Å². The summed E-state index contributed by atoms with van der Waals surface area (Å²) >= 11 is 4.99. The van der Waals surface area contributed by atoms with Crippen molar-refractivity contribution in [3.05, 3.63) is 149 Å². The van der Waals surface area contributed by atoms with Gasteiger partial charge in [0.25, 0.3) is 5.56 Å². The van der Waals surface area contributed by atoms with Crippen molar-refractivity contribution in [3.8, 4) is 11.5 Å². The second kappa shape index (κ2) is 13.9. The molecule has 5 aromatic carbocycles. The van der Waals surface area contributed by atoms with Gasteiger partial charge in [-0.2, -0.15) is 0 Å². The minimum atomic E-state index is -0.709. The van der Waals surface area contributed by atoms with Crippen LogP contribution < -0.4 is 24.4 Å². The van der Waals surface area contributed by atoms with E-state index in [0.29, 0.717) is 49.8 Å². The van der Waals surface area contributed by atoms with Crippen molar-refractivity contribution in [2.75, 3.05) is 13.2 Å². The molecule has 1 aliphatic rings. The summed E-state index contributed by atoms with van der Waals surface area (Å²) in [5.41, 5.74) is 3.28. The quantitative estimate of drug-likeness (QED) is 0.142. The van der Waals surface area contributed by atoms with Crippen molar-refractivity contribution in [2.45, 2.75) is 33.4 Å². The Morgan fingerprint density at radius 3 is 2.35 bits per heavy atom. The molecular weight excluding hydrogens is 700 g/mol. The number of allylic oxidation sites excluding steroid dienone is 1. The molecule has 0 N–H and O–H groups in total. The van der Waals surface area contributed by atoms with Crippen LogP contribution in [0.4, 0.5) is 0 Å². The predicted octanol–water partition coefficient (Wildman–Crippen LogP) is 7.84. The summed E-state index contributed by atoms with van der Waals surface area (Å²) in [6, 6.07) is 31.4. The van der Waals surface area contributed by atoms with Gasteiger partial charge in [0.2, 0.25) is 0 Å². The molecule has 0 unspecified atom stereocenters. The van der Waals surface area contributed by atoms with E-state index in [-0.39, 0.29) is 12.2 Å². The third-order valence-electron chi connectivity index (χ3n) is 8.52. The number of nitrogens with zero attached hydrogens (tertiary/aromatic N) is 2. The highest BCUT2D eigenvalue weighted by Crippen LogP contribution is 2.38. The number of hydrogen-bond acceptors (Lipinski definition) is 7. The van der Waals surface area contributed by atoms with Crippen molar-refractivity contribution in [1.29, 1.82) is 0 Å². The molecule has 0 bridgehead atoms. The zero-order valence-corrected chi connectivity index (χ0v) is 29.6. The maximum absolute atomic E-state index is 14.3. The van der Waals surface area contributed by atoms with Gasteiger partial charge in [0, 0.05) is 0 Å². The van der Waals surface area contributed by atoms with Gasteiger partial charge in [-0.15, -0.1) is 0 Å². The summed E-state index contributed by atoms with van der Waals surface area (Å²) < 4.78 is 20.7. The van der Waals surface area contributed by atoms with Crippen molar-refractivity contribution in [1.82, 2.24) is 4.57 Å². The number of thiazole rings is 1. The number of fused-ring (bicyclic) bond motifs is 3. The average molecular weight is 734 g/mol. The summed E-state index contributed by atoms with van der Waals surface area (Å²) in [7, 11) is 0. The molecule has 0 spiro atoms. The van der Waals surface area contributed by atoms with E-state index in [4.69, 9.17) is 19.2 Å². The van der Waals surface area contributed by atoms with E-state index in [1.165, 1.54) is 11.3 Å². The third-order valence-corrected chi connectivity index (χ3v) is 10.1. The Labute approximate surface area is 295 Å². The fourth-order valence-electron chi connectivity index (χ4n) is 6.37. The fourth-order valence-corrected chi connectivity index (χ4v) is 7.99. The number of aromatic nitrogens is 1. The lowest BCUT2D eigenvalue weighted by Gasteiger charge is -2.25. The van der Waals surface area contributed by atoms with Gasteiger partial charge in [-0.25, -0.2) is 9.79 Å². The maximum atomic E-state index is 14.3. The van der Waals surface area contributed by atoms with Crippen LogP contribution in [0.1, 0.15) is 43.5 Å². The second-order valence-electron chi connectivity index (χ2n) is 11.6. The number of carbonyl (C=O) groups is 1. The summed E-state index contributed by atoms with van der Waals surface area (Å²) in [5.74, 6) is 0.657. The lowest BCUT2D eigenvalue weighted by Crippen LogP contribution is -2.40. The summed E-state index contributed by atoms with van der Waals surface area (Å²) in [4.78, 5) is 33.0. The van der Waals surface area contributed by atoms with Gasteiger partial charge >= 0.3 is 5.97 Å². The van der Waals surface area contributed by atoms with Crippen LogP contribution in [0.15, 0.2) is 123 Å². The molecule has 1 aromatic heterocycles. The van der Waals surface area contributed by atoms with Crippen molar-refractivity contribution < 1.29 is 19.0 Å². The SMILES string of the molecule is CCOC(=O)C1=C(C)N=c2s/c(=C/c3cc(Br)c(OCc4cccc5ccccc45)c(OCC)c3)c(=O)n2[C@@H]1c1cccc2ccccc12. The van der Waals surface area contributed by atoms with Crippen LogP contribution in [0.3, 0.4) is 0 Å². The summed E-state index contributed by atoms with van der Waals surface area (Å²) in [6.07, 6.45) is 1.83. The molecule has 0 fully saturated rings. The first-order chi connectivity index (χ1) is 23.9. The lowest BCUT2D eigenvalue weighted by molar-refractivity contribution is -0.139. The van der Waals surface area contributed by atoms with E-state index in [9.17, 15) is 9.59 Å². The van der Waals surface area contributed by atoms with Crippen LogP contribution in [-0.2, 0) is 16.1 Å². The highest BCUT2D eigenvalue weighted by molar-refractivity contribution is 9.10.